The number of carbonyl (C=O) groups excluding carboxylic acids is 2. The van der Waals surface area contributed by atoms with Crippen molar-refractivity contribution in [1.82, 2.24) is 0 Å². The molecule has 0 saturated heterocycles. The molecule has 1 heterocycles. The van der Waals surface area contributed by atoms with Crippen LogP contribution in [-0.2, 0) is 9.53 Å². The van der Waals surface area contributed by atoms with Crippen molar-refractivity contribution < 1.29 is 19.1 Å². The first-order chi connectivity index (χ1) is 16.5. The number of anilines is 1. The van der Waals surface area contributed by atoms with E-state index in [1.165, 1.54) is 17.4 Å². The minimum absolute atomic E-state index is 0.118. The number of carbonyl (C=O) groups is 2. The second-order valence-corrected chi connectivity index (χ2v) is 8.32. The predicted octanol–water partition coefficient (Wildman–Crippen LogP) is 5.95. The molecule has 1 aromatic heterocycles. The highest BCUT2D eigenvalue weighted by molar-refractivity contribution is 7.14. The zero-order valence-corrected chi connectivity index (χ0v) is 19.7. The lowest BCUT2D eigenvalue weighted by Gasteiger charge is -2.10. The number of hydrogen-bond acceptors (Lipinski definition) is 6. The smallest absolute Gasteiger partial charge is 0.341 e. The summed E-state index contributed by atoms with van der Waals surface area (Å²) in [5, 5.41) is 14.2. The Kier molecular flexibility index (Phi) is 8.78. The molecule has 1 amide bonds. The summed E-state index contributed by atoms with van der Waals surface area (Å²) in [5.74, 6) is -0.614. The van der Waals surface area contributed by atoms with Crippen LogP contribution >= 0.6 is 11.3 Å². The Morgan fingerprint density at radius 3 is 2.56 bits per heavy atom. The van der Waals surface area contributed by atoms with E-state index in [9.17, 15) is 14.9 Å². The second kappa shape index (κ2) is 12.2. The largest absolute Gasteiger partial charge is 0.489 e. The molecule has 0 aliphatic carbocycles. The number of ether oxygens (including phenoxy) is 2. The van der Waals surface area contributed by atoms with Gasteiger partial charge in [0.05, 0.1) is 11.7 Å². The molecule has 0 aliphatic heterocycles. The summed E-state index contributed by atoms with van der Waals surface area (Å²) < 4.78 is 11.1. The average molecular weight is 473 g/mol. The van der Waals surface area contributed by atoms with Gasteiger partial charge in [-0.2, -0.15) is 5.26 Å². The molecular weight excluding hydrogens is 448 g/mol. The lowest BCUT2D eigenvalue weighted by Crippen LogP contribution is -2.17. The molecule has 172 valence electrons. The normalized spacial score (nSPS) is 11.3. The molecule has 0 fully saturated rings. The molecule has 0 atom stereocenters. The van der Waals surface area contributed by atoms with Crippen LogP contribution in [0.15, 0.2) is 77.7 Å². The number of nitriles is 1. The van der Waals surface area contributed by atoms with E-state index in [1.54, 1.807) is 43.5 Å². The number of nitrogens with one attached hydrogen (secondary N) is 1. The summed E-state index contributed by atoms with van der Waals surface area (Å²) in [6.07, 6.45) is 5.02. The molecule has 0 bridgehead atoms. The molecule has 0 unspecified atom stereocenters. The Balaban J connectivity index is 1.72. The zero-order valence-electron chi connectivity index (χ0n) is 18.9. The fraction of sp³-hybridized carbons (Fsp3) is 0.148. The zero-order chi connectivity index (χ0) is 24.3. The topological polar surface area (TPSA) is 88.4 Å². The van der Waals surface area contributed by atoms with E-state index in [2.05, 4.69) is 5.32 Å². The summed E-state index contributed by atoms with van der Waals surface area (Å²) in [5.41, 5.74) is 1.78. The number of rotatable bonds is 9. The van der Waals surface area contributed by atoms with Crippen LogP contribution in [-0.4, -0.2) is 24.6 Å². The van der Waals surface area contributed by atoms with Crippen LogP contribution in [0.2, 0.25) is 0 Å². The molecular formula is C27H24N2O4S. The Morgan fingerprint density at radius 2 is 1.82 bits per heavy atom. The van der Waals surface area contributed by atoms with Crippen molar-refractivity contribution in [2.75, 3.05) is 11.9 Å². The van der Waals surface area contributed by atoms with Crippen LogP contribution in [0.25, 0.3) is 12.2 Å². The van der Waals surface area contributed by atoms with Crippen LogP contribution in [0.4, 0.5) is 5.00 Å². The summed E-state index contributed by atoms with van der Waals surface area (Å²) in [6.45, 7) is 3.82. The quantitative estimate of drug-likeness (QED) is 0.236. The number of nitrogens with zero attached hydrogens (tertiary/aromatic N) is 1. The van der Waals surface area contributed by atoms with Crippen LogP contribution in [0.3, 0.4) is 0 Å². The highest BCUT2D eigenvalue weighted by atomic mass is 32.1. The maximum atomic E-state index is 12.8. The van der Waals surface area contributed by atoms with Gasteiger partial charge in [0, 0.05) is 5.56 Å². The minimum atomic E-state index is -0.623. The van der Waals surface area contributed by atoms with E-state index in [1.807, 2.05) is 54.6 Å². The van der Waals surface area contributed by atoms with Crippen molar-refractivity contribution in [3.8, 4) is 11.8 Å². The third-order valence-electron chi connectivity index (χ3n) is 4.48. The molecule has 3 rings (SSSR count). The van der Waals surface area contributed by atoms with E-state index in [0.29, 0.717) is 22.9 Å². The van der Waals surface area contributed by atoms with Crippen LogP contribution < -0.4 is 10.1 Å². The molecule has 3 aromatic rings. The van der Waals surface area contributed by atoms with Gasteiger partial charge in [-0.25, -0.2) is 4.79 Å². The standard InChI is InChI=1S/C27H24N2O4S/c1-19(2)33-27(31)23-14-16-34-26(23)29-25(30)22(18-28)17-21-12-6-7-13-24(21)32-15-8-11-20-9-4-3-5-10-20/h3-14,16-17,19H,15H2,1-2H3,(H,29,30)/b11-8+,22-17+. The molecule has 0 saturated carbocycles. The number of benzene rings is 2. The molecule has 0 radical (unpaired) electrons. The Hall–Kier alpha value is -4.15. The van der Waals surface area contributed by atoms with E-state index in [4.69, 9.17) is 9.47 Å². The van der Waals surface area contributed by atoms with Crippen LogP contribution in [0, 0.1) is 11.3 Å². The van der Waals surface area contributed by atoms with Gasteiger partial charge in [0.2, 0.25) is 0 Å². The van der Waals surface area contributed by atoms with Crippen molar-refractivity contribution in [2.24, 2.45) is 0 Å². The Morgan fingerprint density at radius 1 is 1.09 bits per heavy atom. The maximum absolute atomic E-state index is 12.8. The molecule has 0 aliphatic rings. The van der Waals surface area contributed by atoms with Gasteiger partial charge in [-0.3, -0.25) is 4.79 Å². The highest BCUT2D eigenvalue weighted by Crippen LogP contribution is 2.26. The molecule has 1 N–H and O–H groups in total. The molecule has 34 heavy (non-hydrogen) atoms. The van der Waals surface area contributed by atoms with E-state index >= 15 is 0 Å². The first-order valence-electron chi connectivity index (χ1n) is 10.6. The van der Waals surface area contributed by atoms with E-state index in [-0.39, 0.29) is 17.2 Å². The molecule has 0 spiro atoms. The van der Waals surface area contributed by atoms with Crippen molar-refractivity contribution >= 4 is 40.4 Å². The average Bonchev–Trinajstić information content (AvgIpc) is 3.29. The number of para-hydroxylation sites is 1. The van der Waals surface area contributed by atoms with Gasteiger partial charge in [0.25, 0.3) is 5.91 Å². The lowest BCUT2D eigenvalue weighted by atomic mass is 10.1. The number of amides is 1. The predicted molar refractivity (Wildman–Crippen MR) is 135 cm³/mol. The number of hydrogen-bond donors (Lipinski definition) is 1. The van der Waals surface area contributed by atoms with Gasteiger partial charge >= 0.3 is 5.97 Å². The van der Waals surface area contributed by atoms with Crippen LogP contribution in [0.1, 0.15) is 35.3 Å². The van der Waals surface area contributed by atoms with Gasteiger partial charge in [-0.1, -0.05) is 54.6 Å². The first-order valence-corrected chi connectivity index (χ1v) is 11.5. The maximum Gasteiger partial charge on any atom is 0.341 e. The Labute approximate surface area is 202 Å². The van der Waals surface area contributed by atoms with Gasteiger partial charge in [0.1, 0.15) is 29.0 Å². The fourth-order valence-corrected chi connectivity index (χ4v) is 3.71. The third kappa shape index (κ3) is 6.92. The first kappa shape index (κ1) is 24.5. The lowest BCUT2D eigenvalue weighted by molar-refractivity contribution is -0.112. The molecule has 6 nitrogen and oxygen atoms in total. The number of thiophene rings is 1. The van der Waals surface area contributed by atoms with Gasteiger partial charge in [-0.15, -0.1) is 11.3 Å². The minimum Gasteiger partial charge on any atom is -0.489 e. The van der Waals surface area contributed by atoms with Crippen molar-refractivity contribution in [2.45, 2.75) is 20.0 Å². The van der Waals surface area contributed by atoms with E-state index < -0.39 is 11.9 Å². The van der Waals surface area contributed by atoms with Gasteiger partial charge in [0.15, 0.2) is 0 Å². The highest BCUT2D eigenvalue weighted by Gasteiger charge is 2.19. The van der Waals surface area contributed by atoms with Crippen molar-refractivity contribution in [3.63, 3.8) is 0 Å². The summed E-state index contributed by atoms with van der Waals surface area (Å²) in [4.78, 5) is 25.0. The third-order valence-corrected chi connectivity index (χ3v) is 5.31. The summed E-state index contributed by atoms with van der Waals surface area (Å²) in [6, 6.07) is 20.5. The van der Waals surface area contributed by atoms with Crippen LogP contribution in [0.5, 0.6) is 5.75 Å². The molecule has 2 aromatic carbocycles. The second-order valence-electron chi connectivity index (χ2n) is 7.40. The van der Waals surface area contributed by atoms with Crippen molar-refractivity contribution in [1.29, 1.82) is 5.26 Å². The van der Waals surface area contributed by atoms with Crippen molar-refractivity contribution in [3.05, 3.63) is 94.4 Å². The Bertz CT molecular complexity index is 1240. The van der Waals surface area contributed by atoms with E-state index in [0.717, 1.165) is 5.56 Å². The van der Waals surface area contributed by atoms with Gasteiger partial charge < -0.3 is 14.8 Å². The van der Waals surface area contributed by atoms with Gasteiger partial charge in [-0.05, 0) is 49.1 Å². The summed E-state index contributed by atoms with van der Waals surface area (Å²) in [7, 11) is 0. The number of esters is 1. The summed E-state index contributed by atoms with van der Waals surface area (Å²) >= 11 is 1.18. The SMILES string of the molecule is CC(C)OC(=O)c1ccsc1NC(=O)/C(C#N)=C/c1ccccc1OC/C=C/c1ccccc1. The fourth-order valence-electron chi connectivity index (χ4n) is 2.94. The molecule has 7 heteroatoms. The monoisotopic (exact) mass is 472 g/mol.